The number of hydrogen-bond donors (Lipinski definition) is 2. The van der Waals surface area contributed by atoms with Gasteiger partial charge in [0, 0.05) is 5.54 Å². The number of carbonyl (C=O) groups excluding carboxylic acids is 1. The van der Waals surface area contributed by atoms with Gasteiger partial charge in [0.2, 0.25) is 0 Å². The molecule has 0 saturated heterocycles. The first-order chi connectivity index (χ1) is 10.0. The predicted octanol–water partition coefficient (Wildman–Crippen LogP) is 3.02. The van der Waals surface area contributed by atoms with Gasteiger partial charge in [0.1, 0.15) is 5.15 Å². The zero-order valence-corrected chi connectivity index (χ0v) is 12.7. The zero-order valence-electron chi connectivity index (χ0n) is 11.9. The number of halogens is 1. The molecule has 4 aliphatic rings. The van der Waals surface area contributed by atoms with E-state index in [1.807, 2.05) is 0 Å². The van der Waals surface area contributed by atoms with E-state index in [1.54, 1.807) is 6.07 Å². The molecule has 0 aromatic carbocycles. The maximum atomic E-state index is 12.6. The summed E-state index contributed by atoms with van der Waals surface area (Å²) in [5.74, 6) is 2.30. The van der Waals surface area contributed by atoms with E-state index in [1.165, 1.54) is 25.5 Å². The van der Waals surface area contributed by atoms with Crippen molar-refractivity contribution in [2.24, 2.45) is 17.8 Å². The van der Waals surface area contributed by atoms with Crippen molar-refractivity contribution >= 4 is 23.2 Å². The van der Waals surface area contributed by atoms with Gasteiger partial charge >= 0.3 is 0 Å². The molecule has 1 aromatic heterocycles. The lowest BCUT2D eigenvalue weighted by atomic mass is 9.53. The normalized spacial score (nSPS) is 36.7. The average molecular weight is 306 g/mol. The van der Waals surface area contributed by atoms with Crippen molar-refractivity contribution in [3.05, 3.63) is 23.0 Å². The van der Waals surface area contributed by atoms with E-state index in [4.69, 9.17) is 17.3 Å². The number of nitrogens with zero attached hydrogens (tertiary/aromatic N) is 1. The van der Waals surface area contributed by atoms with Gasteiger partial charge in [0.05, 0.1) is 17.4 Å². The summed E-state index contributed by atoms with van der Waals surface area (Å²) >= 11 is 5.89. The minimum absolute atomic E-state index is 0.00593. The summed E-state index contributed by atoms with van der Waals surface area (Å²) in [5.41, 5.74) is 6.71. The Morgan fingerprint density at radius 2 is 1.81 bits per heavy atom. The van der Waals surface area contributed by atoms with Crippen molar-refractivity contribution < 1.29 is 4.79 Å². The lowest BCUT2D eigenvalue weighted by molar-refractivity contribution is -0.0166. The van der Waals surface area contributed by atoms with Crippen LogP contribution in [0.15, 0.2) is 12.3 Å². The quantitative estimate of drug-likeness (QED) is 0.825. The van der Waals surface area contributed by atoms with E-state index in [-0.39, 0.29) is 11.4 Å². The van der Waals surface area contributed by atoms with E-state index in [0.29, 0.717) is 16.4 Å². The maximum absolute atomic E-state index is 12.6. The highest BCUT2D eigenvalue weighted by molar-refractivity contribution is 6.29. The third-order valence-electron chi connectivity index (χ3n) is 5.56. The summed E-state index contributed by atoms with van der Waals surface area (Å²) in [6, 6.07) is 1.56. The first kappa shape index (κ1) is 13.4. The molecule has 4 nitrogen and oxygen atoms in total. The topological polar surface area (TPSA) is 68.0 Å². The number of nitrogens with two attached hydrogens (primary N) is 1. The molecule has 4 bridgehead atoms. The monoisotopic (exact) mass is 305 g/mol. The number of amides is 1. The first-order valence-corrected chi connectivity index (χ1v) is 8.14. The Balaban J connectivity index is 1.58. The molecule has 4 fully saturated rings. The standard InChI is InChI=1S/C16H20ClN3O/c17-14-4-12(13(18)8-19-14)15(21)20-16-5-9-1-10(6-16)3-11(2-9)7-16/h4,8-11H,1-3,5-7,18H2,(H,20,21). The van der Waals surface area contributed by atoms with Crippen molar-refractivity contribution in [3.63, 3.8) is 0 Å². The van der Waals surface area contributed by atoms with Crippen LogP contribution in [0.25, 0.3) is 0 Å². The van der Waals surface area contributed by atoms with Gasteiger partial charge < -0.3 is 11.1 Å². The van der Waals surface area contributed by atoms with E-state index in [0.717, 1.165) is 37.0 Å². The molecule has 1 amide bonds. The molecule has 4 saturated carbocycles. The summed E-state index contributed by atoms with van der Waals surface area (Å²) < 4.78 is 0. The molecular weight excluding hydrogens is 286 g/mol. The van der Waals surface area contributed by atoms with Crippen LogP contribution in [0.3, 0.4) is 0 Å². The molecule has 0 spiro atoms. The highest BCUT2D eigenvalue weighted by atomic mass is 35.5. The van der Waals surface area contributed by atoms with E-state index in [9.17, 15) is 4.79 Å². The lowest BCUT2D eigenvalue weighted by Gasteiger charge is -2.56. The minimum Gasteiger partial charge on any atom is -0.397 e. The molecule has 21 heavy (non-hydrogen) atoms. The fourth-order valence-corrected chi connectivity index (χ4v) is 5.37. The third kappa shape index (κ3) is 2.30. The molecule has 1 aromatic rings. The van der Waals surface area contributed by atoms with Crippen LogP contribution in [0.5, 0.6) is 0 Å². The van der Waals surface area contributed by atoms with Gasteiger partial charge in [-0.3, -0.25) is 4.79 Å². The molecule has 0 atom stereocenters. The van der Waals surface area contributed by atoms with Crippen molar-refractivity contribution in [1.29, 1.82) is 0 Å². The summed E-state index contributed by atoms with van der Waals surface area (Å²) in [5, 5.41) is 3.61. The number of hydrogen-bond acceptors (Lipinski definition) is 3. The van der Waals surface area contributed by atoms with E-state index < -0.39 is 0 Å². The van der Waals surface area contributed by atoms with Crippen LogP contribution in [0.4, 0.5) is 5.69 Å². The summed E-state index contributed by atoms with van der Waals surface area (Å²) in [7, 11) is 0. The molecule has 5 rings (SSSR count). The smallest absolute Gasteiger partial charge is 0.253 e. The molecule has 4 aliphatic carbocycles. The Kier molecular flexibility index (Phi) is 2.93. The molecule has 1 heterocycles. The highest BCUT2D eigenvalue weighted by Gasteiger charge is 2.51. The second-order valence-corrected chi connectivity index (χ2v) is 7.63. The second kappa shape index (κ2) is 4.60. The number of nitrogens with one attached hydrogen (secondary N) is 1. The van der Waals surface area contributed by atoms with Gasteiger partial charge in [-0.25, -0.2) is 4.98 Å². The molecule has 5 heteroatoms. The Morgan fingerprint density at radius 1 is 1.24 bits per heavy atom. The first-order valence-electron chi connectivity index (χ1n) is 7.76. The number of pyridine rings is 1. The average Bonchev–Trinajstić information content (AvgIpc) is 2.39. The van der Waals surface area contributed by atoms with E-state index >= 15 is 0 Å². The van der Waals surface area contributed by atoms with Crippen LogP contribution in [0, 0.1) is 17.8 Å². The van der Waals surface area contributed by atoms with Gasteiger partial charge in [0.25, 0.3) is 5.91 Å². The Labute approximate surface area is 129 Å². The van der Waals surface area contributed by atoms with Gasteiger partial charge in [-0.2, -0.15) is 0 Å². The van der Waals surface area contributed by atoms with Crippen LogP contribution < -0.4 is 11.1 Å². The van der Waals surface area contributed by atoms with Crippen molar-refractivity contribution in [3.8, 4) is 0 Å². The van der Waals surface area contributed by atoms with Gasteiger partial charge in [-0.15, -0.1) is 0 Å². The van der Waals surface area contributed by atoms with Gasteiger partial charge in [-0.05, 0) is 62.3 Å². The third-order valence-corrected chi connectivity index (χ3v) is 5.77. The van der Waals surface area contributed by atoms with Gasteiger partial charge in [0.15, 0.2) is 0 Å². The summed E-state index contributed by atoms with van der Waals surface area (Å²) in [4.78, 5) is 16.5. The number of anilines is 1. The number of rotatable bonds is 2. The van der Waals surface area contributed by atoms with Crippen LogP contribution >= 0.6 is 11.6 Å². The SMILES string of the molecule is Nc1cnc(Cl)cc1C(=O)NC12CC3CC(CC(C3)C1)C2. The Bertz CT molecular complexity index is 566. The largest absolute Gasteiger partial charge is 0.397 e. The van der Waals surface area contributed by atoms with Crippen LogP contribution in [0.2, 0.25) is 5.15 Å². The van der Waals surface area contributed by atoms with Crippen LogP contribution in [0.1, 0.15) is 48.9 Å². The highest BCUT2D eigenvalue weighted by Crippen LogP contribution is 2.55. The molecule has 0 unspecified atom stereocenters. The molecule has 112 valence electrons. The van der Waals surface area contributed by atoms with Crippen molar-refractivity contribution in [2.75, 3.05) is 5.73 Å². The molecule has 0 aliphatic heterocycles. The minimum atomic E-state index is -0.0984. The number of aromatic nitrogens is 1. The Hall–Kier alpha value is -1.29. The predicted molar refractivity (Wildman–Crippen MR) is 82.0 cm³/mol. The maximum Gasteiger partial charge on any atom is 0.253 e. The Morgan fingerprint density at radius 3 is 2.38 bits per heavy atom. The van der Waals surface area contributed by atoms with Crippen molar-refractivity contribution in [2.45, 2.75) is 44.1 Å². The summed E-state index contributed by atoms with van der Waals surface area (Å²) in [6.07, 6.45) is 8.92. The summed E-state index contributed by atoms with van der Waals surface area (Å²) in [6.45, 7) is 0. The van der Waals surface area contributed by atoms with Crippen LogP contribution in [-0.2, 0) is 0 Å². The molecule has 0 radical (unpaired) electrons. The van der Waals surface area contributed by atoms with Crippen molar-refractivity contribution in [1.82, 2.24) is 10.3 Å². The fraction of sp³-hybridized carbons (Fsp3) is 0.625. The van der Waals surface area contributed by atoms with E-state index in [2.05, 4.69) is 10.3 Å². The number of nitrogen functional groups attached to an aromatic ring is 1. The second-order valence-electron chi connectivity index (χ2n) is 7.25. The van der Waals surface area contributed by atoms with Crippen LogP contribution in [-0.4, -0.2) is 16.4 Å². The molecule has 3 N–H and O–H groups in total. The number of carbonyl (C=O) groups is 1. The lowest BCUT2D eigenvalue weighted by Crippen LogP contribution is -2.59. The fourth-order valence-electron chi connectivity index (χ4n) is 5.21. The zero-order chi connectivity index (χ0) is 14.6. The van der Waals surface area contributed by atoms with Gasteiger partial charge in [-0.1, -0.05) is 11.6 Å². The molecular formula is C16H20ClN3O.